The summed E-state index contributed by atoms with van der Waals surface area (Å²) >= 11 is 0. The fourth-order valence-corrected chi connectivity index (χ4v) is 3.46. The Morgan fingerprint density at radius 3 is 2.72 bits per heavy atom. The molecule has 1 saturated heterocycles. The maximum Gasteiger partial charge on any atom is 0.325 e. The third kappa shape index (κ3) is 2.37. The van der Waals surface area contributed by atoms with Crippen LogP contribution in [0.1, 0.15) is 24.9 Å². The molecule has 1 fully saturated rings. The topological polar surface area (TPSA) is 84.7 Å². The molecule has 2 aliphatic rings. The Hall–Kier alpha value is -3.16. The molecule has 0 aliphatic carbocycles. The van der Waals surface area contributed by atoms with Crippen LogP contribution < -0.4 is 15.0 Å². The molecule has 2 aromatic rings. The van der Waals surface area contributed by atoms with E-state index in [1.165, 1.54) is 47.4 Å². The van der Waals surface area contributed by atoms with Gasteiger partial charge in [-0.05, 0) is 37.3 Å². The number of nitro benzene ring substituents is 1. The first kappa shape index (κ1) is 15.4. The minimum Gasteiger partial charge on any atom is -0.467 e. The van der Waals surface area contributed by atoms with Crippen molar-refractivity contribution in [1.82, 2.24) is 5.32 Å². The summed E-state index contributed by atoms with van der Waals surface area (Å²) in [6, 6.07) is 9.11. The fraction of sp³-hybridized carbons (Fsp3) is 0.235. The second-order valence-electron chi connectivity index (χ2n) is 6.27. The summed E-state index contributed by atoms with van der Waals surface area (Å²) in [6.07, 6.45) is 0.407. The highest BCUT2D eigenvalue weighted by Gasteiger charge is 2.50. The van der Waals surface area contributed by atoms with Gasteiger partial charge in [0.05, 0.1) is 11.0 Å². The summed E-state index contributed by atoms with van der Waals surface area (Å²) in [6.45, 7) is 1.77. The fourth-order valence-electron chi connectivity index (χ4n) is 3.46. The monoisotopic (exact) mass is 343 g/mol. The average molecular weight is 343 g/mol. The van der Waals surface area contributed by atoms with Crippen molar-refractivity contribution < 1.29 is 18.8 Å². The van der Waals surface area contributed by atoms with E-state index in [1.807, 2.05) is 0 Å². The molecule has 0 spiro atoms. The number of halogens is 1. The maximum atomic E-state index is 13.2. The number of rotatable bonds is 2. The van der Waals surface area contributed by atoms with E-state index in [0.29, 0.717) is 23.4 Å². The highest BCUT2D eigenvalue weighted by Crippen LogP contribution is 2.46. The molecule has 4 rings (SSSR count). The van der Waals surface area contributed by atoms with Gasteiger partial charge in [-0.2, -0.15) is 0 Å². The summed E-state index contributed by atoms with van der Waals surface area (Å²) in [5.41, 5.74) is 0.0543. The molecule has 128 valence electrons. The maximum absolute atomic E-state index is 13.2. The quantitative estimate of drug-likeness (QED) is 0.668. The Morgan fingerprint density at radius 2 is 2.04 bits per heavy atom. The molecule has 1 N–H and O–H groups in total. The molecular formula is C17H14FN3O4. The van der Waals surface area contributed by atoms with Crippen molar-refractivity contribution in [3.8, 4) is 5.75 Å². The smallest absolute Gasteiger partial charge is 0.325 e. The van der Waals surface area contributed by atoms with Crippen LogP contribution in [0.2, 0.25) is 0 Å². The largest absolute Gasteiger partial charge is 0.467 e. The molecule has 2 bridgehead atoms. The van der Waals surface area contributed by atoms with Crippen LogP contribution in [-0.4, -0.2) is 16.7 Å². The van der Waals surface area contributed by atoms with Gasteiger partial charge in [0.15, 0.2) is 5.72 Å². The van der Waals surface area contributed by atoms with Crippen LogP contribution in [0.3, 0.4) is 0 Å². The van der Waals surface area contributed by atoms with E-state index < -0.39 is 28.5 Å². The first-order chi connectivity index (χ1) is 11.9. The van der Waals surface area contributed by atoms with Crippen molar-refractivity contribution in [2.75, 3.05) is 4.90 Å². The first-order valence-electron chi connectivity index (χ1n) is 7.71. The van der Waals surface area contributed by atoms with E-state index >= 15 is 0 Å². The van der Waals surface area contributed by atoms with Crippen LogP contribution in [0.5, 0.6) is 5.75 Å². The number of fused-ring (bicyclic) bond motifs is 4. The minimum atomic E-state index is -0.978. The number of hydrogen-bond acceptors (Lipinski definition) is 4. The number of benzene rings is 2. The number of ether oxygens (including phenoxy) is 1. The number of amides is 2. The van der Waals surface area contributed by atoms with Crippen LogP contribution in [0, 0.1) is 15.9 Å². The predicted octanol–water partition coefficient (Wildman–Crippen LogP) is 3.50. The zero-order valence-corrected chi connectivity index (χ0v) is 13.2. The third-order valence-corrected chi connectivity index (χ3v) is 4.55. The van der Waals surface area contributed by atoms with Gasteiger partial charge < -0.3 is 10.1 Å². The average Bonchev–Trinajstić information content (AvgIpc) is 2.55. The van der Waals surface area contributed by atoms with Crippen molar-refractivity contribution in [1.29, 1.82) is 0 Å². The summed E-state index contributed by atoms with van der Waals surface area (Å²) in [7, 11) is 0. The van der Waals surface area contributed by atoms with Gasteiger partial charge in [-0.1, -0.05) is 0 Å². The van der Waals surface area contributed by atoms with Gasteiger partial charge in [0.1, 0.15) is 11.6 Å². The van der Waals surface area contributed by atoms with Gasteiger partial charge >= 0.3 is 6.03 Å². The number of urea groups is 1. The second-order valence-corrected chi connectivity index (χ2v) is 6.27. The van der Waals surface area contributed by atoms with E-state index in [4.69, 9.17) is 4.74 Å². The summed E-state index contributed by atoms with van der Waals surface area (Å²) < 4.78 is 19.2. The van der Waals surface area contributed by atoms with Gasteiger partial charge in [-0.3, -0.25) is 15.0 Å². The molecule has 2 atom stereocenters. The SMILES string of the molecule is C[C@]12C[C@H](NC(=O)N1c1ccc(F)cc1)c1cc([N+](=O)[O-])ccc1O2. The van der Waals surface area contributed by atoms with Crippen molar-refractivity contribution in [2.45, 2.75) is 25.1 Å². The minimum absolute atomic E-state index is 0.0545. The molecule has 2 amide bonds. The number of nitro groups is 1. The van der Waals surface area contributed by atoms with E-state index in [0.717, 1.165) is 0 Å². The Morgan fingerprint density at radius 1 is 1.32 bits per heavy atom. The van der Waals surface area contributed by atoms with Gasteiger partial charge in [-0.25, -0.2) is 9.18 Å². The predicted molar refractivity (Wildman–Crippen MR) is 86.9 cm³/mol. The lowest BCUT2D eigenvalue weighted by molar-refractivity contribution is -0.385. The molecule has 2 heterocycles. The molecule has 0 aromatic heterocycles. The Balaban J connectivity index is 1.77. The zero-order chi connectivity index (χ0) is 17.8. The van der Waals surface area contributed by atoms with Crippen LogP contribution in [0.4, 0.5) is 20.6 Å². The molecule has 25 heavy (non-hydrogen) atoms. The van der Waals surface area contributed by atoms with Crippen molar-refractivity contribution in [2.24, 2.45) is 0 Å². The van der Waals surface area contributed by atoms with E-state index in [2.05, 4.69) is 5.32 Å². The Bertz CT molecular complexity index is 886. The first-order valence-corrected chi connectivity index (χ1v) is 7.71. The highest BCUT2D eigenvalue weighted by molar-refractivity contribution is 5.94. The lowest BCUT2D eigenvalue weighted by Crippen LogP contribution is -2.65. The summed E-state index contributed by atoms with van der Waals surface area (Å²) in [5, 5.41) is 13.8. The standard InChI is InChI=1S/C17H14FN3O4/c1-17-9-14(13-8-12(21(23)24)6-7-15(13)25-17)19-16(22)20(17)11-4-2-10(18)3-5-11/h2-8,14H,9H2,1H3,(H,19,22)/t14-,17-/m0/s1. The number of hydrogen-bond donors (Lipinski definition) is 1. The number of nitrogens with one attached hydrogen (secondary N) is 1. The number of nitrogens with zero attached hydrogens (tertiary/aromatic N) is 2. The molecule has 8 heteroatoms. The van der Waals surface area contributed by atoms with E-state index in [-0.39, 0.29) is 5.69 Å². The third-order valence-electron chi connectivity index (χ3n) is 4.55. The lowest BCUT2D eigenvalue weighted by atomic mass is 9.90. The molecule has 0 radical (unpaired) electrons. The highest BCUT2D eigenvalue weighted by atomic mass is 19.1. The van der Waals surface area contributed by atoms with Crippen molar-refractivity contribution in [3.05, 3.63) is 64.0 Å². The molecule has 7 nitrogen and oxygen atoms in total. The number of carbonyl (C=O) groups excluding carboxylic acids is 1. The van der Waals surface area contributed by atoms with Crippen LogP contribution >= 0.6 is 0 Å². The molecular weight excluding hydrogens is 329 g/mol. The normalized spacial score (nSPS) is 24.2. The second kappa shape index (κ2) is 5.17. The van der Waals surface area contributed by atoms with Gasteiger partial charge in [-0.15, -0.1) is 0 Å². The molecule has 0 unspecified atom stereocenters. The lowest BCUT2D eigenvalue weighted by Gasteiger charge is -2.50. The van der Waals surface area contributed by atoms with Crippen molar-refractivity contribution >= 4 is 17.4 Å². The molecule has 2 aromatic carbocycles. The molecule has 0 saturated carbocycles. The number of non-ortho nitro benzene ring substituents is 1. The number of anilines is 1. The zero-order valence-electron chi connectivity index (χ0n) is 13.2. The van der Waals surface area contributed by atoms with Gasteiger partial charge in [0.2, 0.25) is 0 Å². The summed E-state index contributed by atoms with van der Waals surface area (Å²) in [5.74, 6) is 0.0860. The van der Waals surface area contributed by atoms with Crippen LogP contribution in [-0.2, 0) is 0 Å². The van der Waals surface area contributed by atoms with Gasteiger partial charge in [0, 0.05) is 29.8 Å². The Labute approximate surface area is 142 Å². The number of carbonyl (C=O) groups is 1. The van der Waals surface area contributed by atoms with E-state index in [9.17, 15) is 19.3 Å². The summed E-state index contributed by atoms with van der Waals surface area (Å²) in [4.78, 5) is 24.6. The van der Waals surface area contributed by atoms with Crippen molar-refractivity contribution in [3.63, 3.8) is 0 Å². The van der Waals surface area contributed by atoms with Gasteiger partial charge in [0.25, 0.3) is 5.69 Å². The van der Waals surface area contributed by atoms with Crippen LogP contribution in [0.15, 0.2) is 42.5 Å². The van der Waals surface area contributed by atoms with E-state index in [1.54, 1.807) is 6.92 Å². The Kier molecular flexibility index (Phi) is 3.18. The molecule has 2 aliphatic heterocycles. The van der Waals surface area contributed by atoms with Crippen LogP contribution in [0.25, 0.3) is 0 Å².